The Hall–Kier alpha value is -2.13. The van der Waals surface area contributed by atoms with Crippen molar-refractivity contribution < 1.29 is 9.59 Å². The number of benzene rings is 1. The van der Waals surface area contributed by atoms with Gasteiger partial charge in [0.15, 0.2) is 0 Å². The molecule has 0 aliphatic heterocycles. The molecule has 3 N–H and O–H groups in total. The lowest BCUT2D eigenvalue weighted by atomic mass is 10.1. The van der Waals surface area contributed by atoms with Crippen LogP contribution in [0.2, 0.25) is 0 Å². The summed E-state index contributed by atoms with van der Waals surface area (Å²) in [6, 6.07) is 6.54. The first-order valence-corrected chi connectivity index (χ1v) is 4.92. The van der Waals surface area contributed by atoms with Crippen LogP contribution in [0.4, 0.5) is 10.5 Å². The van der Waals surface area contributed by atoms with Gasteiger partial charge in [-0.15, -0.1) is 0 Å². The number of nitrogens with zero attached hydrogens (tertiary/aromatic N) is 1. The number of carbonyl (C=O) groups excluding carboxylic acids is 2. The first-order chi connectivity index (χ1) is 7.66. The lowest BCUT2D eigenvalue weighted by Gasteiger charge is -2.08. The number of nitrogens with one attached hydrogen (secondary N) is 1. The molecule has 1 saturated carbocycles. The first kappa shape index (κ1) is 10.4. The average molecular weight is 217 g/mol. The van der Waals surface area contributed by atoms with Gasteiger partial charge in [-0.3, -0.25) is 0 Å². The molecule has 82 valence electrons. The van der Waals surface area contributed by atoms with Crippen LogP contribution in [-0.4, -0.2) is 12.1 Å². The van der Waals surface area contributed by atoms with Crippen molar-refractivity contribution in [3.8, 4) is 0 Å². The van der Waals surface area contributed by atoms with Crippen molar-refractivity contribution >= 4 is 17.8 Å². The van der Waals surface area contributed by atoms with Gasteiger partial charge in [0, 0.05) is 5.69 Å². The van der Waals surface area contributed by atoms with E-state index in [1.807, 2.05) is 12.1 Å². The molecule has 0 heterocycles. The Morgan fingerprint density at radius 3 is 2.44 bits per heavy atom. The number of amides is 2. The number of hydrogen-bond acceptors (Lipinski definition) is 3. The summed E-state index contributed by atoms with van der Waals surface area (Å²) in [7, 11) is 0. The molecule has 1 aliphatic carbocycles. The molecule has 1 aromatic carbocycles. The van der Waals surface area contributed by atoms with Crippen LogP contribution in [0, 0.1) is 0 Å². The summed E-state index contributed by atoms with van der Waals surface area (Å²) >= 11 is 0. The summed E-state index contributed by atoms with van der Waals surface area (Å²) in [5.41, 5.74) is 6.21. The molecule has 5 heteroatoms. The second-order valence-corrected chi connectivity index (χ2v) is 3.80. The molecular formula is C11H11N3O2. The van der Waals surface area contributed by atoms with Crippen molar-refractivity contribution in [2.75, 3.05) is 5.32 Å². The third-order valence-electron chi connectivity index (χ3n) is 2.67. The minimum Gasteiger partial charge on any atom is -0.351 e. The van der Waals surface area contributed by atoms with Crippen molar-refractivity contribution in [1.82, 2.24) is 0 Å². The van der Waals surface area contributed by atoms with Crippen molar-refractivity contribution in [2.24, 2.45) is 10.7 Å². The Labute approximate surface area is 92.4 Å². The van der Waals surface area contributed by atoms with Crippen LogP contribution in [0.15, 0.2) is 29.3 Å². The zero-order chi connectivity index (χ0) is 11.6. The van der Waals surface area contributed by atoms with E-state index in [1.165, 1.54) is 0 Å². The number of isocyanates is 1. The van der Waals surface area contributed by atoms with E-state index in [1.54, 1.807) is 18.2 Å². The first-order valence-electron chi connectivity index (χ1n) is 4.92. The SMILES string of the molecule is NC(=O)Nc1ccc(C2(N=C=O)CC2)cc1. The third-order valence-corrected chi connectivity index (χ3v) is 2.67. The highest BCUT2D eigenvalue weighted by Crippen LogP contribution is 2.49. The minimum absolute atomic E-state index is 0.368. The topological polar surface area (TPSA) is 84.6 Å². The summed E-state index contributed by atoms with van der Waals surface area (Å²) < 4.78 is 0. The van der Waals surface area contributed by atoms with Crippen molar-refractivity contribution in [1.29, 1.82) is 0 Å². The van der Waals surface area contributed by atoms with Gasteiger partial charge < -0.3 is 11.1 Å². The van der Waals surface area contributed by atoms with Crippen molar-refractivity contribution in [3.05, 3.63) is 29.8 Å². The summed E-state index contributed by atoms with van der Waals surface area (Å²) in [6.45, 7) is 0. The molecule has 0 atom stereocenters. The van der Waals surface area contributed by atoms with Gasteiger partial charge in [0.2, 0.25) is 6.08 Å². The average Bonchev–Trinajstić information content (AvgIpc) is 2.99. The highest BCUT2D eigenvalue weighted by molar-refractivity contribution is 5.87. The molecule has 1 aromatic rings. The van der Waals surface area contributed by atoms with Gasteiger partial charge in [-0.2, -0.15) is 4.99 Å². The fraction of sp³-hybridized carbons (Fsp3) is 0.273. The van der Waals surface area contributed by atoms with Gasteiger partial charge in [0.05, 0.1) is 5.54 Å². The molecule has 0 spiro atoms. The molecule has 0 aromatic heterocycles. The monoisotopic (exact) mass is 217 g/mol. The number of anilines is 1. The van der Waals surface area contributed by atoms with E-state index in [-0.39, 0.29) is 5.54 Å². The van der Waals surface area contributed by atoms with Crippen LogP contribution >= 0.6 is 0 Å². The molecule has 0 saturated heterocycles. The Morgan fingerprint density at radius 1 is 1.38 bits per heavy atom. The van der Waals surface area contributed by atoms with Crippen LogP contribution < -0.4 is 11.1 Å². The molecule has 0 bridgehead atoms. The van der Waals surface area contributed by atoms with E-state index < -0.39 is 6.03 Å². The number of hydrogen-bond donors (Lipinski definition) is 2. The Bertz CT molecular complexity index is 457. The second kappa shape index (κ2) is 3.79. The Balaban J connectivity index is 2.19. The van der Waals surface area contributed by atoms with E-state index in [0.29, 0.717) is 5.69 Å². The molecule has 1 fully saturated rings. The number of nitrogens with two attached hydrogens (primary N) is 1. The summed E-state index contributed by atoms with van der Waals surface area (Å²) in [5.74, 6) is 0. The highest BCUT2D eigenvalue weighted by atomic mass is 16.2. The van der Waals surface area contributed by atoms with Crippen LogP contribution in [0.3, 0.4) is 0 Å². The number of rotatable bonds is 3. The van der Waals surface area contributed by atoms with Gasteiger partial charge in [0.25, 0.3) is 0 Å². The van der Waals surface area contributed by atoms with Gasteiger partial charge in [-0.1, -0.05) is 12.1 Å². The van der Waals surface area contributed by atoms with E-state index in [4.69, 9.17) is 5.73 Å². The third kappa shape index (κ3) is 1.94. The van der Waals surface area contributed by atoms with Gasteiger partial charge in [-0.25, -0.2) is 9.59 Å². The molecule has 16 heavy (non-hydrogen) atoms. The van der Waals surface area contributed by atoms with E-state index in [0.717, 1.165) is 18.4 Å². The van der Waals surface area contributed by atoms with Gasteiger partial charge in [-0.05, 0) is 30.5 Å². The zero-order valence-corrected chi connectivity index (χ0v) is 8.56. The lowest BCUT2D eigenvalue weighted by molar-refractivity contribution is 0.259. The fourth-order valence-electron chi connectivity index (χ4n) is 1.68. The highest BCUT2D eigenvalue weighted by Gasteiger charge is 2.44. The molecule has 2 amide bonds. The lowest BCUT2D eigenvalue weighted by Crippen LogP contribution is -2.19. The van der Waals surface area contributed by atoms with Crippen LogP contribution in [0.5, 0.6) is 0 Å². The molecule has 1 aliphatic rings. The number of aliphatic imine (C=N–C) groups is 1. The molecule has 0 unspecified atom stereocenters. The van der Waals surface area contributed by atoms with Crippen molar-refractivity contribution in [2.45, 2.75) is 18.4 Å². The second-order valence-electron chi connectivity index (χ2n) is 3.80. The number of primary amides is 1. The maximum absolute atomic E-state index is 10.6. The Kier molecular flexibility index (Phi) is 2.46. The molecule has 2 rings (SSSR count). The van der Waals surface area contributed by atoms with Gasteiger partial charge >= 0.3 is 6.03 Å². The molecule has 0 radical (unpaired) electrons. The minimum atomic E-state index is -0.597. The predicted molar refractivity (Wildman–Crippen MR) is 58.7 cm³/mol. The van der Waals surface area contributed by atoms with Crippen LogP contribution in [0.1, 0.15) is 18.4 Å². The molecular weight excluding hydrogens is 206 g/mol. The number of urea groups is 1. The predicted octanol–water partition coefficient (Wildman–Crippen LogP) is 1.50. The maximum Gasteiger partial charge on any atom is 0.316 e. The van der Waals surface area contributed by atoms with Gasteiger partial charge in [0.1, 0.15) is 0 Å². The normalized spacial score (nSPS) is 16.0. The van der Waals surface area contributed by atoms with E-state index in [9.17, 15) is 9.59 Å². The Morgan fingerprint density at radius 2 is 2.00 bits per heavy atom. The smallest absolute Gasteiger partial charge is 0.316 e. The van der Waals surface area contributed by atoms with E-state index >= 15 is 0 Å². The summed E-state index contributed by atoms with van der Waals surface area (Å²) in [5, 5.41) is 2.47. The molecule has 5 nitrogen and oxygen atoms in total. The summed E-state index contributed by atoms with van der Waals surface area (Å²) in [6.07, 6.45) is 3.33. The standard InChI is InChI=1S/C11H11N3O2/c12-10(16)14-9-3-1-8(2-4-9)11(5-6-11)13-7-15/h1-4H,5-6H2,(H3,12,14,16). The quantitative estimate of drug-likeness (QED) is 0.594. The van der Waals surface area contributed by atoms with Crippen LogP contribution in [-0.2, 0) is 10.3 Å². The van der Waals surface area contributed by atoms with E-state index in [2.05, 4.69) is 10.3 Å². The van der Waals surface area contributed by atoms with Crippen molar-refractivity contribution in [3.63, 3.8) is 0 Å². The largest absolute Gasteiger partial charge is 0.351 e. The number of carbonyl (C=O) groups is 1. The summed E-state index contributed by atoms with van der Waals surface area (Å²) in [4.78, 5) is 24.7. The zero-order valence-electron chi connectivity index (χ0n) is 8.56. The maximum atomic E-state index is 10.6. The fourth-order valence-corrected chi connectivity index (χ4v) is 1.68. The van der Waals surface area contributed by atoms with Crippen LogP contribution in [0.25, 0.3) is 0 Å².